The van der Waals surface area contributed by atoms with Crippen LogP contribution in [0.1, 0.15) is 12.5 Å². The summed E-state index contributed by atoms with van der Waals surface area (Å²) < 4.78 is 0. The van der Waals surface area contributed by atoms with Gasteiger partial charge in [-0.25, -0.2) is 0 Å². The van der Waals surface area contributed by atoms with Crippen molar-refractivity contribution in [3.05, 3.63) is 35.9 Å². The van der Waals surface area contributed by atoms with Crippen LogP contribution >= 0.6 is 0 Å². The maximum Gasteiger partial charge on any atom is 0.244 e. The Morgan fingerprint density at radius 3 is 2.70 bits per heavy atom. The van der Waals surface area contributed by atoms with Crippen LogP contribution in [0.25, 0.3) is 0 Å². The molecule has 5 nitrogen and oxygen atoms in total. The lowest BCUT2D eigenvalue weighted by atomic mass is 10.0. The number of hydrogen-bond acceptors (Lipinski definition) is 3. The Hall–Kier alpha value is -1.88. The van der Waals surface area contributed by atoms with Gasteiger partial charge in [-0.1, -0.05) is 30.3 Å². The number of piperazine rings is 2. The predicted molar refractivity (Wildman–Crippen MR) is 74.8 cm³/mol. The van der Waals surface area contributed by atoms with Crippen molar-refractivity contribution in [1.82, 2.24) is 15.1 Å². The van der Waals surface area contributed by atoms with Crippen LogP contribution in [0, 0.1) is 0 Å². The fraction of sp³-hybridized carbons (Fsp3) is 0.467. The Balaban J connectivity index is 1.74. The number of nitrogens with one attached hydrogen (secondary N) is 1. The van der Waals surface area contributed by atoms with Crippen molar-refractivity contribution >= 4 is 11.8 Å². The quantitative estimate of drug-likeness (QED) is 0.838. The first-order valence-corrected chi connectivity index (χ1v) is 7.00. The third-order valence-corrected chi connectivity index (χ3v) is 4.02. The second kappa shape index (κ2) is 5.25. The van der Waals surface area contributed by atoms with Crippen LogP contribution in [0.3, 0.4) is 0 Å². The van der Waals surface area contributed by atoms with Crippen molar-refractivity contribution in [2.45, 2.75) is 25.6 Å². The lowest BCUT2D eigenvalue weighted by molar-refractivity contribution is -0.152. The second-order valence-electron chi connectivity index (χ2n) is 5.56. The number of rotatable bonds is 2. The van der Waals surface area contributed by atoms with Gasteiger partial charge in [0.25, 0.3) is 0 Å². The number of carbonyl (C=O) groups excluding carboxylic acids is 2. The zero-order valence-corrected chi connectivity index (χ0v) is 11.6. The Labute approximate surface area is 118 Å². The number of fused-ring (bicyclic) bond motifs is 1. The molecule has 2 fully saturated rings. The van der Waals surface area contributed by atoms with E-state index in [1.165, 1.54) is 5.56 Å². The highest BCUT2D eigenvalue weighted by atomic mass is 16.2. The molecular formula is C15H19N3O2. The van der Waals surface area contributed by atoms with E-state index in [2.05, 4.69) is 22.3 Å². The van der Waals surface area contributed by atoms with Crippen molar-refractivity contribution in [1.29, 1.82) is 0 Å². The molecule has 1 N–H and O–H groups in total. The molecule has 2 unspecified atom stereocenters. The molecule has 0 radical (unpaired) electrons. The number of amides is 2. The Morgan fingerprint density at radius 2 is 1.95 bits per heavy atom. The van der Waals surface area contributed by atoms with E-state index in [9.17, 15) is 9.59 Å². The second-order valence-corrected chi connectivity index (χ2v) is 5.56. The highest BCUT2D eigenvalue weighted by Crippen LogP contribution is 2.20. The molecule has 106 valence electrons. The molecule has 0 saturated carbocycles. The molecule has 2 aliphatic rings. The summed E-state index contributed by atoms with van der Waals surface area (Å²) in [5.74, 6) is -0.00401. The number of benzene rings is 1. The van der Waals surface area contributed by atoms with E-state index in [4.69, 9.17) is 0 Å². The Bertz CT molecular complexity index is 517. The molecule has 2 heterocycles. The van der Waals surface area contributed by atoms with Gasteiger partial charge in [0.05, 0.1) is 6.54 Å². The van der Waals surface area contributed by atoms with Gasteiger partial charge in [-0.3, -0.25) is 14.5 Å². The van der Waals surface area contributed by atoms with Gasteiger partial charge in [0.1, 0.15) is 6.04 Å². The van der Waals surface area contributed by atoms with Crippen molar-refractivity contribution in [3.63, 3.8) is 0 Å². The van der Waals surface area contributed by atoms with Crippen LogP contribution in [-0.2, 0) is 16.1 Å². The van der Waals surface area contributed by atoms with Crippen LogP contribution in [0.4, 0.5) is 0 Å². The molecule has 0 spiro atoms. The summed E-state index contributed by atoms with van der Waals surface area (Å²) in [6.45, 7) is 4.39. The smallest absolute Gasteiger partial charge is 0.244 e. The third kappa shape index (κ3) is 2.41. The lowest BCUT2D eigenvalue weighted by Gasteiger charge is -2.47. The summed E-state index contributed by atoms with van der Waals surface area (Å²) in [4.78, 5) is 27.9. The number of hydrogen-bond donors (Lipinski definition) is 1. The molecule has 1 aromatic carbocycles. The van der Waals surface area contributed by atoms with Gasteiger partial charge in [0.15, 0.2) is 0 Å². The van der Waals surface area contributed by atoms with Gasteiger partial charge in [-0.2, -0.15) is 0 Å². The van der Waals surface area contributed by atoms with Crippen molar-refractivity contribution < 1.29 is 9.59 Å². The first kappa shape index (κ1) is 13.1. The topological polar surface area (TPSA) is 52.7 Å². The maximum absolute atomic E-state index is 12.0. The molecule has 1 aromatic rings. The summed E-state index contributed by atoms with van der Waals surface area (Å²) in [5, 5.41) is 2.68. The van der Waals surface area contributed by atoms with Gasteiger partial charge in [-0.15, -0.1) is 0 Å². The Kier molecular flexibility index (Phi) is 3.44. The van der Waals surface area contributed by atoms with Crippen LogP contribution < -0.4 is 5.32 Å². The summed E-state index contributed by atoms with van der Waals surface area (Å²) >= 11 is 0. The molecule has 2 amide bonds. The molecule has 2 saturated heterocycles. The fourth-order valence-corrected chi connectivity index (χ4v) is 3.15. The average Bonchev–Trinajstić information content (AvgIpc) is 2.44. The van der Waals surface area contributed by atoms with Crippen LogP contribution in [-0.4, -0.2) is 53.3 Å². The first-order chi connectivity index (χ1) is 9.65. The van der Waals surface area contributed by atoms with E-state index in [-0.39, 0.29) is 30.4 Å². The van der Waals surface area contributed by atoms with E-state index in [1.54, 1.807) is 4.90 Å². The van der Waals surface area contributed by atoms with Crippen molar-refractivity contribution in [2.24, 2.45) is 0 Å². The van der Waals surface area contributed by atoms with Gasteiger partial charge in [-0.05, 0) is 12.5 Å². The molecule has 0 aliphatic carbocycles. The molecule has 0 bridgehead atoms. The molecule has 20 heavy (non-hydrogen) atoms. The van der Waals surface area contributed by atoms with Gasteiger partial charge in [0.2, 0.25) is 11.8 Å². The lowest BCUT2D eigenvalue weighted by Crippen LogP contribution is -2.68. The van der Waals surface area contributed by atoms with Crippen molar-refractivity contribution in [3.8, 4) is 0 Å². The van der Waals surface area contributed by atoms with Crippen LogP contribution in [0.2, 0.25) is 0 Å². The minimum absolute atomic E-state index is 0.0291. The minimum Gasteiger partial charge on any atom is -0.345 e. The van der Waals surface area contributed by atoms with E-state index < -0.39 is 0 Å². The van der Waals surface area contributed by atoms with Crippen LogP contribution in [0.5, 0.6) is 0 Å². The van der Waals surface area contributed by atoms with E-state index in [0.29, 0.717) is 6.54 Å². The molecule has 0 aromatic heterocycles. The largest absolute Gasteiger partial charge is 0.345 e. The molecule has 3 rings (SSSR count). The zero-order valence-electron chi connectivity index (χ0n) is 11.6. The summed E-state index contributed by atoms with van der Waals surface area (Å²) in [6, 6.07) is 9.95. The van der Waals surface area contributed by atoms with Gasteiger partial charge in [0, 0.05) is 25.7 Å². The first-order valence-electron chi connectivity index (χ1n) is 7.00. The molecule has 2 aliphatic heterocycles. The normalized spacial score (nSPS) is 27.1. The summed E-state index contributed by atoms with van der Waals surface area (Å²) in [7, 11) is 0. The SMILES string of the molecule is CC1CN(Cc2ccccc2)CC2C(=O)NCC(=O)N12. The van der Waals surface area contributed by atoms with E-state index in [0.717, 1.165) is 13.1 Å². The summed E-state index contributed by atoms with van der Waals surface area (Å²) in [6.07, 6.45) is 0. The zero-order chi connectivity index (χ0) is 14.1. The Morgan fingerprint density at radius 1 is 1.20 bits per heavy atom. The molecule has 5 heteroatoms. The standard InChI is InChI=1S/C15H19N3O2/c1-11-8-17(9-12-5-3-2-4-6-12)10-13-15(20)16-7-14(19)18(11)13/h2-6,11,13H,7-10H2,1H3,(H,16,20). The predicted octanol–water partition coefficient (Wildman–Crippen LogP) is 0.218. The summed E-state index contributed by atoms with van der Waals surface area (Å²) in [5.41, 5.74) is 1.23. The molecule has 2 atom stereocenters. The average molecular weight is 273 g/mol. The fourth-order valence-electron chi connectivity index (χ4n) is 3.15. The highest BCUT2D eigenvalue weighted by molar-refractivity contribution is 5.95. The van der Waals surface area contributed by atoms with Gasteiger partial charge < -0.3 is 10.2 Å². The highest BCUT2D eigenvalue weighted by Gasteiger charge is 2.41. The number of carbonyl (C=O) groups is 2. The van der Waals surface area contributed by atoms with E-state index >= 15 is 0 Å². The minimum atomic E-state index is -0.344. The van der Waals surface area contributed by atoms with E-state index in [1.807, 2.05) is 25.1 Å². The van der Waals surface area contributed by atoms with Crippen molar-refractivity contribution in [2.75, 3.05) is 19.6 Å². The van der Waals surface area contributed by atoms with Crippen LogP contribution in [0.15, 0.2) is 30.3 Å². The monoisotopic (exact) mass is 273 g/mol. The maximum atomic E-state index is 12.0. The number of nitrogens with zero attached hydrogens (tertiary/aromatic N) is 2. The van der Waals surface area contributed by atoms with Gasteiger partial charge >= 0.3 is 0 Å². The third-order valence-electron chi connectivity index (χ3n) is 4.02. The molecular weight excluding hydrogens is 254 g/mol.